The molecule has 0 aliphatic rings. The standard InChI is InChI=1S/C21H21ClN2O2S/c1-2-12-26-19-5-3-4-16(13-19)20(25)23-11-10-18-14-27-21(24-18)15-6-8-17(22)9-7-15/h3-9,13-14H,2,10-12H2,1H3,(H,23,25). The van der Waals surface area contributed by atoms with Crippen LogP contribution in [0.4, 0.5) is 0 Å². The molecule has 1 heterocycles. The molecule has 0 unspecified atom stereocenters. The normalized spacial score (nSPS) is 10.6. The number of carbonyl (C=O) groups is 1. The molecule has 0 saturated heterocycles. The highest BCUT2D eigenvalue weighted by Gasteiger charge is 2.08. The maximum Gasteiger partial charge on any atom is 0.251 e. The van der Waals surface area contributed by atoms with E-state index < -0.39 is 0 Å². The SMILES string of the molecule is CCCOc1cccc(C(=O)NCCc2csc(-c3ccc(Cl)cc3)n2)c1. The van der Waals surface area contributed by atoms with Gasteiger partial charge in [0, 0.05) is 34.5 Å². The summed E-state index contributed by atoms with van der Waals surface area (Å²) < 4.78 is 5.58. The number of carbonyl (C=O) groups excluding carboxylic acids is 1. The highest BCUT2D eigenvalue weighted by Crippen LogP contribution is 2.25. The summed E-state index contributed by atoms with van der Waals surface area (Å²) in [6.07, 6.45) is 1.62. The van der Waals surface area contributed by atoms with Gasteiger partial charge in [-0.3, -0.25) is 4.79 Å². The molecular formula is C21H21ClN2O2S. The molecule has 1 N–H and O–H groups in total. The van der Waals surface area contributed by atoms with Gasteiger partial charge in [-0.25, -0.2) is 4.98 Å². The molecule has 6 heteroatoms. The van der Waals surface area contributed by atoms with E-state index in [4.69, 9.17) is 16.3 Å². The smallest absolute Gasteiger partial charge is 0.251 e. The van der Waals surface area contributed by atoms with Crippen LogP contribution in [0.25, 0.3) is 10.6 Å². The summed E-state index contributed by atoms with van der Waals surface area (Å²) in [6.45, 7) is 3.22. The van der Waals surface area contributed by atoms with Gasteiger partial charge in [-0.05, 0) is 36.8 Å². The number of thiazole rings is 1. The summed E-state index contributed by atoms with van der Waals surface area (Å²) in [5.74, 6) is 0.613. The molecule has 4 nitrogen and oxygen atoms in total. The summed E-state index contributed by atoms with van der Waals surface area (Å²) in [6, 6.07) is 14.9. The molecule has 2 aromatic carbocycles. The van der Waals surface area contributed by atoms with E-state index >= 15 is 0 Å². The summed E-state index contributed by atoms with van der Waals surface area (Å²) in [5.41, 5.74) is 2.61. The molecule has 3 rings (SSSR count). The molecule has 1 aromatic heterocycles. The van der Waals surface area contributed by atoms with Gasteiger partial charge in [0.25, 0.3) is 5.91 Å². The molecule has 0 saturated carbocycles. The van der Waals surface area contributed by atoms with Crippen LogP contribution in [-0.2, 0) is 6.42 Å². The lowest BCUT2D eigenvalue weighted by Gasteiger charge is -2.07. The number of nitrogens with zero attached hydrogens (tertiary/aromatic N) is 1. The van der Waals surface area contributed by atoms with E-state index in [0.29, 0.717) is 30.2 Å². The fourth-order valence-corrected chi connectivity index (χ4v) is 3.49. The first-order valence-corrected chi connectivity index (χ1v) is 10.1. The molecule has 140 valence electrons. The molecule has 3 aromatic rings. The van der Waals surface area contributed by atoms with E-state index in [0.717, 1.165) is 28.4 Å². The van der Waals surface area contributed by atoms with Crippen molar-refractivity contribution in [2.75, 3.05) is 13.2 Å². The largest absolute Gasteiger partial charge is 0.494 e. The molecule has 0 aliphatic carbocycles. The highest BCUT2D eigenvalue weighted by atomic mass is 35.5. The van der Waals surface area contributed by atoms with Crippen LogP contribution in [0.5, 0.6) is 5.75 Å². The van der Waals surface area contributed by atoms with Gasteiger partial charge in [0.15, 0.2) is 0 Å². The number of amides is 1. The van der Waals surface area contributed by atoms with Crippen LogP contribution in [0.1, 0.15) is 29.4 Å². The lowest BCUT2D eigenvalue weighted by molar-refractivity contribution is 0.0953. The molecule has 0 bridgehead atoms. The van der Waals surface area contributed by atoms with E-state index in [2.05, 4.69) is 10.3 Å². The lowest BCUT2D eigenvalue weighted by Crippen LogP contribution is -2.25. The minimum Gasteiger partial charge on any atom is -0.494 e. The van der Waals surface area contributed by atoms with Gasteiger partial charge >= 0.3 is 0 Å². The molecule has 0 atom stereocenters. The molecular weight excluding hydrogens is 380 g/mol. The van der Waals surface area contributed by atoms with Crippen molar-refractivity contribution < 1.29 is 9.53 Å². The molecule has 1 amide bonds. The van der Waals surface area contributed by atoms with Crippen molar-refractivity contribution in [3.05, 3.63) is 70.2 Å². The zero-order valence-electron chi connectivity index (χ0n) is 15.1. The van der Waals surface area contributed by atoms with Crippen LogP contribution in [-0.4, -0.2) is 24.0 Å². The Kier molecular flexibility index (Phi) is 6.85. The first kappa shape index (κ1) is 19.4. The predicted molar refractivity (Wildman–Crippen MR) is 111 cm³/mol. The number of hydrogen-bond donors (Lipinski definition) is 1. The van der Waals surface area contributed by atoms with Gasteiger partial charge in [-0.15, -0.1) is 11.3 Å². The van der Waals surface area contributed by atoms with Gasteiger partial charge in [0.05, 0.1) is 12.3 Å². The van der Waals surface area contributed by atoms with Crippen LogP contribution in [0.2, 0.25) is 5.02 Å². The number of ether oxygens (including phenoxy) is 1. The van der Waals surface area contributed by atoms with Crippen molar-refractivity contribution in [3.8, 4) is 16.3 Å². The van der Waals surface area contributed by atoms with E-state index in [1.807, 2.05) is 48.7 Å². The van der Waals surface area contributed by atoms with Crippen LogP contribution in [0, 0.1) is 0 Å². The monoisotopic (exact) mass is 400 g/mol. The van der Waals surface area contributed by atoms with Crippen LogP contribution in [0.15, 0.2) is 53.9 Å². The Morgan fingerprint density at radius 3 is 2.81 bits per heavy atom. The third-order valence-electron chi connectivity index (χ3n) is 3.88. The fourth-order valence-electron chi connectivity index (χ4n) is 2.50. The Balaban J connectivity index is 1.52. The average molecular weight is 401 g/mol. The first-order chi connectivity index (χ1) is 13.2. The second-order valence-electron chi connectivity index (χ2n) is 6.03. The maximum absolute atomic E-state index is 12.3. The minimum absolute atomic E-state index is 0.106. The van der Waals surface area contributed by atoms with Crippen LogP contribution >= 0.6 is 22.9 Å². The fraction of sp³-hybridized carbons (Fsp3) is 0.238. The maximum atomic E-state index is 12.3. The average Bonchev–Trinajstić information content (AvgIpc) is 3.16. The van der Waals surface area contributed by atoms with E-state index in [9.17, 15) is 4.79 Å². The van der Waals surface area contributed by atoms with Gasteiger partial charge in [-0.1, -0.05) is 36.7 Å². The Morgan fingerprint density at radius 1 is 1.22 bits per heavy atom. The van der Waals surface area contributed by atoms with Crippen molar-refractivity contribution in [1.82, 2.24) is 10.3 Å². The second kappa shape index (κ2) is 9.53. The number of nitrogens with one attached hydrogen (secondary N) is 1. The third kappa shape index (κ3) is 5.55. The first-order valence-electron chi connectivity index (χ1n) is 8.87. The topological polar surface area (TPSA) is 51.2 Å². The van der Waals surface area contributed by atoms with Crippen LogP contribution < -0.4 is 10.1 Å². The summed E-state index contributed by atoms with van der Waals surface area (Å²) in [7, 11) is 0. The lowest BCUT2D eigenvalue weighted by atomic mass is 10.2. The molecule has 0 aliphatic heterocycles. The van der Waals surface area contributed by atoms with Crippen molar-refractivity contribution in [2.45, 2.75) is 19.8 Å². The van der Waals surface area contributed by atoms with Crippen molar-refractivity contribution in [1.29, 1.82) is 0 Å². The third-order valence-corrected chi connectivity index (χ3v) is 5.07. The van der Waals surface area contributed by atoms with Gasteiger partial charge in [0.1, 0.15) is 10.8 Å². The number of halogens is 1. The summed E-state index contributed by atoms with van der Waals surface area (Å²) in [5, 5.41) is 6.63. The number of hydrogen-bond acceptors (Lipinski definition) is 4. The highest BCUT2D eigenvalue weighted by molar-refractivity contribution is 7.13. The second-order valence-corrected chi connectivity index (χ2v) is 7.33. The molecule has 27 heavy (non-hydrogen) atoms. The summed E-state index contributed by atoms with van der Waals surface area (Å²) >= 11 is 7.51. The Labute approximate surface area is 168 Å². The van der Waals surface area contributed by atoms with Gasteiger partial charge in [0.2, 0.25) is 0 Å². The van der Waals surface area contributed by atoms with Crippen molar-refractivity contribution in [3.63, 3.8) is 0 Å². The van der Waals surface area contributed by atoms with Crippen LogP contribution in [0.3, 0.4) is 0 Å². The van der Waals surface area contributed by atoms with E-state index in [-0.39, 0.29) is 5.91 Å². The zero-order chi connectivity index (χ0) is 19.1. The van der Waals surface area contributed by atoms with Crippen molar-refractivity contribution >= 4 is 28.8 Å². The Morgan fingerprint density at radius 2 is 2.04 bits per heavy atom. The molecule has 0 radical (unpaired) electrons. The zero-order valence-corrected chi connectivity index (χ0v) is 16.6. The minimum atomic E-state index is -0.106. The van der Waals surface area contributed by atoms with Gasteiger partial charge in [-0.2, -0.15) is 0 Å². The predicted octanol–water partition coefficient (Wildman–Crippen LogP) is 5.22. The summed E-state index contributed by atoms with van der Waals surface area (Å²) in [4.78, 5) is 17.0. The van der Waals surface area contributed by atoms with E-state index in [1.165, 1.54) is 0 Å². The van der Waals surface area contributed by atoms with E-state index in [1.54, 1.807) is 23.5 Å². The number of rotatable bonds is 8. The molecule has 0 fully saturated rings. The number of aromatic nitrogens is 1. The number of benzene rings is 2. The molecule has 0 spiro atoms. The quantitative estimate of drug-likeness (QED) is 0.563. The Hall–Kier alpha value is -2.37. The Bertz CT molecular complexity index is 893. The van der Waals surface area contributed by atoms with Gasteiger partial charge < -0.3 is 10.1 Å². The van der Waals surface area contributed by atoms with Crippen molar-refractivity contribution in [2.24, 2.45) is 0 Å².